The topological polar surface area (TPSA) is 111 Å². The first-order valence-electron chi connectivity index (χ1n) is 33.0. The molecular formula is C90H58N6O2S2. The third kappa shape index (κ3) is 12.1. The first kappa shape index (κ1) is 60.9. The van der Waals surface area contributed by atoms with Crippen LogP contribution in [0.25, 0.3) is 166 Å². The third-order valence-corrected chi connectivity index (χ3v) is 21.4. The van der Waals surface area contributed by atoms with E-state index in [0.717, 1.165) is 123 Å². The van der Waals surface area contributed by atoms with Crippen LogP contribution in [0.2, 0.25) is 0 Å². The molecule has 0 fully saturated rings. The molecule has 0 radical (unpaired) electrons. The van der Waals surface area contributed by atoms with Crippen LogP contribution in [0.4, 0.5) is 0 Å². The first-order valence-corrected chi connectivity index (χ1v) is 35.3. The van der Waals surface area contributed by atoms with Crippen molar-refractivity contribution in [3.05, 3.63) is 352 Å². The highest BCUT2D eigenvalue weighted by atomic mass is 32.2. The van der Waals surface area contributed by atoms with E-state index in [-0.39, 0.29) is 0 Å². The second-order valence-corrected chi connectivity index (χ2v) is 27.6. The zero-order valence-corrected chi connectivity index (χ0v) is 55.4. The van der Waals surface area contributed by atoms with Gasteiger partial charge in [-0.3, -0.25) is 19.9 Å². The lowest BCUT2D eigenvalue weighted by Gasteiger charge is -2.10. The molecule has 1 aliphatic heterocycles. The first-order chi connectivity index (χ1) is 49.3. The minimum absolute atomic E-state index is 0.373. The molecule has 0 saturated heterocycles. The molecule has 0 aliphatic carbocycles. The van der Waals surface area contributed by atoms with Crippen LogP contribution in [0.1, 0.15) is 0 Å². The molecule has 18 rings (SSSR count). The predicted molar refractivity (Wildman–Crippen MR) is 409 cm³/mol. The normalized spacial score (nSPS) is 12.0. The predicted octanol–water partition coefficient (Wildman–Crippen LogP) is 22.9. The fraction of sp³-hybridized carbons (Fsp3) is 0. The van der Waals surface area contributed by atoms with Crippen molar-refractivity contribution in [3.63, 3.8) is 0 Å². The number of sulfone groups is 1. The zero-order chi connectivity index (χ0) is 66.9. The van der Waals surface area contributed by atoms with Crippen molar-refractivity contribution < 1.29 is 8.42 Å². The van der Waals surface area contributed by atoms with Gasteiger partial charge in [0.1, 0.15) is 0 Å². The molecule has 0 bridgehead atoms. The van der Waals surface area contributed by atoms with Gasteiger partial charge in [0.15, 0.2) is 0 Å². The lowest BCUT2D eigenvalue weighted by atomic mass is 9.96. The standard InChI is InChI=1S/C45H29N3O2S.C45H29N3S/c49-51(50)44-12-5-4-10-38(44)39-26-35(22-24-45(39)51)33-17-13-31(14-18-33)32-15-19-34(20-16-32)36-21-23-41(47-29-36)43-28-37(30-8-2-1-3-9-30)27-42(48-43)40-11-6-7-25-46-40;1-2-8-30(9-3-1)37-27-42(40-11-6-7-25-46-40)48-43(28-37)41-23-21-36(29-47-41)34-19-15-32(16-20-34)31-13-17-33(18-14-31)35-22-24-45-39(26-35)38-10-4-5-12-44(38)49-45/h1-29H;1-29H. The molecule has 10 heteroatoms. The molecular weight excluding hydrogens is 1260 g/mol. The van der Waals surface area contributed by atoms with E-state index < -0.39 is 9.84 Å². The second kappa shape index (κ2) is 26.4. The van der Waals surface area contributed by atoms with E-state index in [0.29, 0.717) is 9.79 Å². The zero-order valence-electron chi connectivity index (χ0n) is 53.8. The Morgan fingerprint density at radius 3 is 1.03 bits per heavy atom. The largest absolute Gasteiger partial charge is 0.255 e. The Morgan fingerprint density at radius 1 is 0.220 bits per heavy atom. The van der Waals surface area contributed by atoms with Gasteiger partial charge in [0, 0.05) is 67.2 Å². The molecule has 100 heavy (non-hydrogen) atoms. The van der Waals surface area contributed by atoms with Crippen molar-refractivity contribution in [2.75, 3.05) is 0 Å². The van der Waals surface area contributed by atoms with E-state index in [2.05, 4.69) is 228 Å². The minimum Gasteiger partial charge on any atom is -0.255 e. The molecule has 472 valence electrons. The maximum Gasteiger partial charge on any atom is 0.207 e. The van der Waals surface area contributed by atoms with Gasteiger partial charge in [-0.25, -0.2) is 18.4 Å². The molecule has 8 heterocycles. The van der Waals surface area contributed by atoms with E-state index in [1.807, 2.05) is 115 Å². The SMILES string of the molecule is O=S1(=O)c2ccccc2-c2cc(-c3ccc(-c4ccc(-c5ccc(-c6cc(-c7ccccc7)cc(-c7ccccn7)n6)nc5)cc4)cc3)ccc21.c1ccc(-c2cc(-c3ccccn3)nc(-c3ccc(-c4ccc(-c5ccc(-c6ccc7sc8ccccc8c7c6)cc5)cc4)cn3)c2)cc1. The van der Waals surface area contributed by atoms with Gasteiger partial charge in [-0.1, -0.05) is 231 Å². The van der Waals surface area contributed by atoms with Crippen molar-refractivity contribution >= 4 is 41.3 Å². The lowest BCUT2D eigenvalue weighted by molar-refractivity contribution is 0.598. The molecule has 0 atom stereocenters. The lowest BCUT2D eigenvalue weighted by Crippen LogP contribution is -1.96. The fourth-order valence-corrected chi connectivity index (χ4v) is 15.9. The number of nitrogens with zero attached hydrogens (tertiary/aromatic N) is 6. The van der Waals surface area contributed by atoms with E-state index >= 15 is 0 Å². The number of thiophene rings is 1. The van der Waals surface area contributed by atoms with Gasteiger partial charge in [-0.2, -0.15) is 0 Å². The maximum atomic E-state index is 13.0. The molecule has 0 spiro atoms. The number of hydrogen-bond donors (Lipinski definition) is 0. The molecule has 1 aliphatic rings. The number of benzene rings is 10. The number of aromatic nitrogens is 6. The summed E-state index contributed by atoms with van der Waals surface area (Å²) in [6.07, 6.45) is 7.42. The van der Waals surface area contributed by atoms with Crippen LogP contribution in [0.5, 0.6) is 0 Å². The molecule has 0 amide bonds. The Kier molecular flexibility index (Phi) is 16.1. The summed E-state index contributed by atoms with van der Waals surface area (Å²) in [7, 11) is -3.48. The van der Waals surface area contributed by atoms with E-state index in [4.69, 9.17) is 19.9 Å². The van der Waals surface area contributed by atoms with Gasteiger partial charge in [0.2, 0.25) is 9.84 Å². The van der Waals surface area contributed by atoms with Crippen molar-refractivity contribution in [3.8, 4) is 146 Å². The van der Waals surface area contributed by atoms with Crippen LogP contribution in [-0.2, 0) is 9.84 Å². The summed E-state index contributed by atoms with van der Waals surface area (Å²) in [5.74, 6) is 0. The van der Waals surface area contributed by atoms with Gasteiger partial charge in [-0.05, 0) is 175 Å². The van der Waals surface area contributed by atoms with E-state index in [9.17, 15) is 8.42 Å². The van der Waals surface area contributed by atoms with Crippen LogP contribution in [0, 0.1) is 0 Å². The van der Waals surface area contributed by atoms with E-state index in [1.165, 1.54) is 42.4 Å². The summed E-state index contributed by atoms with van der Waals surface area (Å²) in [4.78, 5) is 29.5. The fourth-order valence-electron chi connectivity index (χ4n) is 13.2. The number of pyridine rings is 6. The van der Waals surface area contributed by atoms with Gasteiger partial charge in [0.25, 0.3) is 0 Å². The van der Waals surface area contributed by atoms with Gasteiger partial charge < -0.3 is 0 Å². The van der Waals surface area contributed by atoms with Crippen LogP contribution >= 0.6 is 11.3 Å². The summed E-state index contributed by atoms with van der Waals surface area (Å²) >= 11 is 1.85. The highest BCUT2D eigenvalue weighted by Crippen LogP contribution is 2.45. The molecule has 7 aromatic heterocycles. The van der Waals surface area contributed by atoms with Gasteiger partial charge in [-0.15, -0.1) is 11.3 Å². The Bertz CT molecular complexity index is 5850. The van der Waals surface area contributed by atoms with Crippen LogP contribution < -0.4 is 0 Å². The number of rotatable bonds is 12. The summed E-state index contributed by atoms with van der Waals surface area (Å²) in [5.41, 5.74) is 25.7. The van der Waals surface area contributed by atoms with Crippen LogP contribution in [0.3, 0.4) is 0 Å². The smallest absolute Gasteiger partial charge is 0.207 e. The van der Waals surface area contributed by atoms with Crippen molar-refractivity contribution in [1.82, 2.24) is 29.9 Å². The average Bonchev–Trinajstić information content (AvgIpc) is 1.58. The number of fused-ring (bicyclic) bond motifs is 6. The van der Waals surface area contributed by atoms with Gasteiger partial charge in [0.05, 0.1) is 55.3 Å². The summed E-state index contributed by atoms with van der Waals surface area (Å²) in [6, 6.07) is 112. The monoisotopic (exact) mass is 1320 g/mol. The van der Waals surface area contributed by atoms with Crippen LogP contribution in [0.15, 0.2) is 362 Å². The van der Waals surface area contributed by atoms with Gasteiger partial charge >= 0.3 is 0 Å². The average molecular weight is 1320 g/mol. The number of hydrogen-bond acceptors (Lipinski definition) is 9. The van der Waals surface area contributed by atoms with E-state index in [1.54, 1.807) is 30.6 Å². The molecule has 0 unspecified atom stereocenters. The summed E-state index contributed by atoms with van der Waals surface area (Å²) in [6.45, 7) is 0. The molecule has 0 saturated carbocycles. The summed E-state index contributed by atoms with van der Waals surface area (Å²) in [5, 5.41) is 2.65. The highest BCUT2D eigenvalue weighted by molar-refractivity contribution is 7.92. The van der Waals surface area contributed by atoms with Crippen molar-refractivity contribution in [2.45, 2.75) is 9.79 Å². The quantitative estimate of drug-likeness (QED) is 0.119. The minimum atomic E-state index is -3.48. The Hall–Kier alpha value is -12.7. The molecule has 17 aromatic rings. The second-order valence-electron chi connectivity index (χ2n) is 24.6. The Balaban J connectivity index is 0.000000150. The Morgan fingerprint density at radius 2 is 0.570 bits per heavy atom. The molecule has 10 aromatic carbocycles. The van der Waals surface area contributed by atoms with Crippen molar-refractivity contribution in [2.24, 2.45) is 0 Å². The third-order valence-electron chi connectivity index (χ3n) is 18.4. The summed E-state index contributed by atoms with van der Waals surface area (Å²) < 4.78 is 28.7. The highest BCUT2D eigenvalue weighted by Gasteiger charge is 2.32. The molecule has 0 N–H and O–H groups in total. The Labute approximate surface area is 583 Å². The molecule has 8 nitrogen and oxygen atoms in total. The van der Waals surface area contributed by atoms with Crippen LogP contribution in [-0.4, -0.2) is 38.3 Å². The van der Waals surface area contributed by atoms with Crippen molar-refractivity contribution in [1.29, 1.82) is 0 Å². The maximum absolute atomic E-state index is 13.0.